The Morgan fingerprint density at radius 2 is 2.13 bits per heavy atom. The Morgan fingerprint density at radius 1 is 1.35 bits per heavy atom. The minimum Gasteiger partial charge on any atom is -0.330 e. The monoisotopic (exact) mass is 337 g/mol. The molecule has 1 saturated heterocycles. The number of nitrogens with zero attached hydrogens (tertiary/aromatic N) is 2. The molecule has 1 fully saturated rings. The molecule has 0 bridgehead atoms. The maximum absolute atomic E-state index is 12.9. The molecule has 2 heterocycles. The van der Waals surface area contributed by atoms with Crippen molar-refractivity contribution in [2.24, 2.45) is 11.7 Å². The lowest BCUT2D eigenvalue weighted by Gasteiger charge is -2.31. The number of amides is 1. The van der Waals surface area contributed by atoms with Crippen molar-refractivity contribution in [3.8, 4) is 0 Å². The van der Waals surface area contributed by atoms with Gasteiger partial charge in [-0.25, -0.2) is 8.42 Å². The van der Waals surface area contributed by atoms with Gasteiger partial charge in [-0.3, -0.25) is 4.79 Å². The van der Waals surface area contributed by atoms with Crippen molar-refractivity contribution in [1.29, 1.82) is 0 Å². The molecule has 1 atom stereocenters. The lowest BCUT2D eigenvalue weighted by molar-refractivity contribution is -0.116. The van der Waals surface area contributed by atoms with Crippen LogP contribution < -0.4 is 10.6 Å². The summed E-state index contributed by atoms with van der Waals surface area (Å²) in [6, 6.07) is 5.09. The van der Waals surface area contributed by atoms with Crippen LogP contribution in [0.5, 0.6) is 0 Å². The molecule has 3 rings (SSSR count). The number of sulfonamides is 1. The molecule has 7 heteroatoms. The number of anilines is 1. The normalized spacial score (nSPS) is 22.2. The first-order chi connectivity index (χ1) is 10.9. The van der Waals surface area contributed by atoms with E-state index in [4.69, 9.17) is 5.73 Å². The highest BCUT2D eigenvalue weighted by atomic mass is 32.2. The first-order valence-corrected chi connectivity index (χ1v) is 9.48. The molecule has 0 aromatic heterocycles. The summed E-state index contributed by atoms with van der Waals surface area (Å²) in [6.45, 7) is 3.71. The molecule has 1 amide bonds. The van der Waals surface area contributed by atoms with E-state index in [2.05, 4.69) is 0 Å². The predicted molar refractivity (Wildman–Crippen MR) is 88.7 cm³/mol. The molecule has 0 aliphatic carbocycles. The van der Waals surface area contributed by atoms with Crippen LogP contribution in [-0.4, -0.2) is 44.8 Å². The van der Waals surface area contributed by atoms with E-state index in [0.717, 1.165) is 24.1 Å². The van der Waals surface area contributed by atoms with Gasteiger partial charge in [0.25, 0.3) is 0 Å². The SMILES string of the molecule is CC(=O)N1CCc2cc(S(=O)(=O)N3CCCC(CN)C3)ccc21. The molecule has 0 spiro atoms. The number of hydrogen-bond acceptors (Lipinski definition) is 4. The molecule has 2 N–H and O–H groups in total. The van der Waals surface area contributed by atoms with Crippen molar-refractivity contribution < 1.29 is 13.2 Å². The molecule has 1 aromatic carbocycles. The van der Waals surface area contributed by atoms with E-state index in [1.54, 1.807) is 27.4 Å². The fourth-order valence-corrected chi connectivity index (χ4v) is 5.06. The zero-order chi connectivity index (χ0) is 16.6. The molecule has 23 heavy (non-hydrogen) atoms. The van der Waals surface area contributed by atoms with Gasteiger partial charge in [0.05, 0.1) is 4.90 Å². The van der Waals surface area contributed by atoms with Crippen LogP contribution in [0.25, 0.3) is 0 Å². The number of carbonyl (C=O) groups excluding carboxylic acids is 1. The highest BCUT2D eigenvalue weighted by Crippen LogP contribution is 2.32. The van der Waals surface area contributed by atoms with E-state index in [1.165, 1.54) is 6.92 Å². The zero-order valence-corrected chi connectivity index (χ0v) is 14.2. The van der Waals surface area contributed by atoms with Gasteiger partial charge in [0.1, 0.15) is 0 Å². The molecule has 6 nitrogen and oxygen atoms in total. The molecule has 2 aliphatic heterocycles. The lowest BCUT2D eigenvalue weighted by Crippen LogP contribution is -2.41. The second-order valence-electron chi connectivity index (χ2n) is 6.32. The highest BCUT2D eigenvalue weighted by Gasteiger charge is 2.31. The molecular formula is C16H23N3O3S. The Kier molecular flexibility index (Phi) is 4.44. The minimum absolute atomic E-state index is 0.0128. The van der Waals surface area contributed by atoms with Crippen molar-refractivity contribution in [3.05, 3.63) is 23.8 Å². The molecule has 2 aliphatic rings. The predicted octanol–water partition coefficient (Wildman–Crippen LogP) is 0.955. The fraction of sp³-hybridized carbons (Fsp3) is 0.562. The van der Waals surface area contributed by atoms with Crippen LogP contribution in [0.2, 0.25) is 0 Å². The summed E-state index contributed by atoms with van der Waals surface area (Å²) < 4.78 is 27.3. The van der Waals surface area contributed by atoms with E-state index >= 15 is 0 Å². The van der Waals surface area contributed by atoms with Crippen molar-refractivity contribution in [2.75, 3.05) is 31.1 Å². The Bertz CT molecular complexity index is 717. The number of piperidine rings is 1. The maximum atomic E-state index is 12.9. The van der Waals surface area contributed by atoms with Crippen LogP contribution in [0.1, 0.15) is 25.3 Å². The summed E-state index contributed by atoms with van der Waals surface area (Å²) >= 11 is 0. The van der Waals surface area contributed by atoms with Crippen LogP contribution in [0.4, 0.5) is 5.69 Å². The number of fused-ring (bicyclic) bond motifs is 1. The largest absolute Gasteiger partial charge is 0.330 e. The smallest absolute Gasteiger partial charge is 0.243 e. The third kappa shape index (κ3) is 3.00. The molecular weight excluding hydrogens is 314 g/mol. The number of benzene rings is 1. The topological polar surface area (TPSA) is 83.7 Å². The van der Waals surface area contributed by atoms with Gasteiger partial charge in [-0.2, -0.15) is 4.31 Å². The summed E-state index contributed by atoms with van der Waals surface area (Å²) in [7, 11) is -3.49. The summed E-state index contributed by atoms with van der Waals surface area (Å²) in [4.78, 5) is 13.6. The van der Waals surface area contributed by atoms with Crippen LogP contribution in [0, 0.1) is 5.92 Å². The summed E-state index contributed by atoms with van der Waals surface area (Å²) in [5, 5.41) is 0. The molecule has 0 saturated carbocycles. The van der Waals surface area contributed by atoms with E-state index in [9.17, 15) is 13.2 Å². The van der Waals surface area contributed by atoms with Crippen molar-refractivity contribution >= 4 is 21.6 Å². The van der Waals surface area contributed by atoms with E-state index in [1.807, 2.05) is 0 Å². The van der Waals surface area contributed by atoms with Crippen LogP contribution in [0.3, 0.4) is 0 Å². The van der Waals surface area contributed by atoms with Crippen LogP contribution in [-0.2, 0) is 21.2 Å². The Balaban J connectivity index is 1.88. The summed E-state index contributed by atoms with van der Waals surface area (Å²) in [5.74, 6) is 0.224. The third-order valence-electron chi connectivity index (χ3n) is 4.78. The van der Waals surface area contributed by atoms with Gasteiger partial charge in [0, 0.05) is 32.2 Å². The average molecular weight is 337 g/mol. The van der Waals surface area contributed by atoms with Crippen LogP contribution >= 0.6 is 0 Å². The second-order valence-corrected chi connectivity index (χ2v) is 8.26. The zero-order valence-electron chi connectivity index (χ0n) is 13.4. The summed E-state index contributed by atoms with van der Waals surface area (Å²) in [5.41, 5.74) is 7.46. The first kappa shape index (κ1) is 16.4. The van der Waals surface area contributed by atoms with Gasteiger partial charge >= 0.3 is 0 Å². The number of rotatable bonds is 3. The van der Waals surface area contributed by atoms with Gasteiger partial charge in [0.2, 0.25) is 15.9 Å². The number of hydrogen-bond donors (Lipinski definition) is 1. The van der Waals surface area contributed by atoms with Crippen molar-refractivity contribution in [1.82, 2.24) is 4.31 Å². The van der Waals surface area contributed by atoms with E-state index < -0.39 is 10.0 Å². The van der Waals surface area contributed by atoms with E-state index in [-0.39, 0.29) is 11.8 Å². The van der Waals surface area contributed by atoms with Crippen molar-refractivity contribution in [3.63, 3.8) is 0 Å². The first-order valence-electron chi connectivity index (χ1n) is 8.04. The maximum Gasteiger partial charge on any atom is 0.243 e. The average Bonchev–Trinajstić information content (AvgIpc) is 2.98. The standard InChI is InChI=1S/C16H23N3O3S/c1-12(20)19-8-6-14-9-15(4-5-16(14)19)23(21,22)18-7-2-3-13(10-17)11-18/h4-5,9,13H,2-3,6-8,10-11,17H2,1H3. The fourth-order valence-electron chi connectivity index (χ4n) is 3.45. The number of carbonyl (C=O) groups is 1. The van der Waals surface area contributed by atoms with Gasteiger partial charge in [-0.1, -0.05) is 0 Å². The van der Waals surface area contributed by atoms with Crippen LogP contribution in [0.15, 0.2) is 23.1 Å². The highest BCUT2D eigenvalue weighted by molar-refractivity contribution is 7.89. The molecule has 0 radical (unpaired) electrons. The van der Waals surface area contributed by atoms with Crippen molar-refractivity contribution in [2.45, 2.75) is 31.1 Å². The molecule has 1 aromatic rings. The Labute approximate surface area is 137 Å². The minimum atomic E-state index is -3.49. The Morgan fingerprint density at radius 3 is 2.83 bits per heavy atom. The summed E-state index contributed by atoms with van der Waals surface area (Å²) in [6.07, 6.45) is 2.54. The molecule has 1 unspecified atom stereocenters. The van der Waals surface area contributed by atoms with Gasteiger partial charge < -0.3 is 10.6 Å². The van der Waals surface area contributed by atoms with Gasteiger partial charge in [0.15, 0.2) is 0 Å². The van der Waals surface area contributed by atoms with E-state index in [0.29, 0.717) is 37.5 Å². The van der Waals surface area contributed by atoms with Gasteiger partial charge in [-0.05, 0) is 55.5 Å². The quantitative estimate of drug-likeness (QED) is 0.890. The third-order valence-corrected chi connectivity index (χ3v) is 6.64. The van der Waals surface area contributed by atoms with Gasteiger partial charge in [-0.15, -0.1) is 0 Å². The lowest BCUT2D eigenvalue weighted by atomic mass is 10.0. The second kappa shape index (κ2) is 6.22. The number of nitrogens with two attached hydrogens (primary N) is 1. The Hall–Kier alpha value is -1.44. The molecule has 126 valence electrons.